The lowest BCUT2D eigenvalue weighted by atomic mass is 10.1. The van der Waals surface area contributed by atoms with Gasteiger partial charge in [0.15, 0.2) is 0 Å². The molecule has 0 radical (unpaired) electrons. The molecule has 0 aliphatic carbocycles. The number of nitrogens with zero attached hydrogens (tertiary/aromatic N) is 2. The Bertz CT molecular complexity index is 403. The van der Waals surface area contributed by atoms with Gasteiger partial charge in [0.1, 0.15) is 0 Å². The van der Waals surface area contributed by atoms with Crippen molar-refractivity contribution in [2.24, 2.45) is 0 Å². The van der Waals surface area contributed by atoms with Crippen molar-refractivity contribution in [3.8, 4) is 0 Å². The van der Waals surface area contributed by atoms with Crippen molar-refractivity contribution in [1.82, 2.24) is 9.80 Å². The van der Waals surface area contributed by atoms with Gasteiger partial charge in [-0.25, -0.2) is 0 Å². The van der Waals surface area contributed by atoms with Crippen LogP contribution in [0.2, 0.25) is 0 Å². The van der Waals surface area contributed by atoms with Gasteiger partial charge in [-0.2, -0.15) is 0 Å². The van der Waals surface area contributed by atoms with E-state index in [2.05, 4.69) is 11.9 Å². The summed E-state index contributed by atoms with van der Waals surface area (Å²) in [7, 11) is 2.11. The Hall–Kier alpha value is -1.35. The topological polar surface area (TPSA) is 23.6 Å². The highest BCUT2D eigenvalue weighted by Gasteiger charge is 2.19. The molecule has 1 saturated heterocycles. The first-order chi connectivity index (χ1) is 8.18. The summed E-state index contributed by atoms with van der Waals surface area (Å²) >= 11 is 0. The highest BCUT2D eigenvalue weighted by Crippen LogP contribution is 2.12. The first-order valence-electron chi connectivity index (χ1n) is 6.22. The molecule has 1 aromatic carbocycles. The van der Waals surface area contributed by atoms with Crippen molar-refractivity contribution in [1.29, 1.82) is 0 Å². The minimum atomic E-state index is 0.179. The van der Waals surface area contributed by atoms with E-state index in [1.54, 1.807) is 0 Å². The first-order valence-corrected chi connectivity index (χ1v) is 6.22. The van der Waals surface area contributed by atoms with Crippen LogP contribution in [-0.2, 0) is 0 Å². The maximum atomic E-state index is 12.4. The molecule has 1 aliphatic heterocycles. The first kappa shape index (κ1) is 12.1. The number of hydrogen-bond donors (Lipinski definition) is 0. The molecule has 0 N–H and O–H groups in total. The van der Waals surface area contributed by atoms with Crippen LogP contribution in [0.5, 0.6) is 0 Å². The normalized spacial score (nSPS) is 17.9. The van der Waals surface area contributed by atoms with Gasteiger partial charge in [0.25, 0.3) is 5.91 Å². The van der Waals surface area contributed by atoms with E-state index >= 15 is 0 Å². The highest BCUT2D eigenvalue weighted by molar-refractivity contribution is 5.95. The van der Waals surface area contributed by atoms with E-state index in [0.29, 0.717) is 0 Å². The van der Waals surface area contributed by atoms with Crippen molar-refractivity contribution in [3.05, 3.63) is 35.4 Å². The van der Waals surface area contributed by atoms with E-state index in [1.807, 2.05) is 36.1 Å². The molecule has 1 aliphatic rings. The predicted octanol–water partition coefficient (Wildman–Crippen LogP) is 1.77. The largest absolute Gasteiger partial charge is 0.337 e. The van der Waals surface area contributed by atoms with Gasteiger partial charge < -0.3 is 9.80 Å². The standard InChI is InChI=1S/C14H20N2O/c1-12-6-3-4-7-13(12)14(17)16-9-5-8-15(2)10-11-16/h3-4,6-7H,5,8-11H2,1-2H3. The SMILES string of the molecule is Cc1ccccc1C(=O)N1CCCN(C)CC1. The van der Waals surface area contributed by atoms with Crippen LogP contribution >= 0.6 is 0 Å². The summed E-state index contributed by atoms with van der Waals surface area (Å²) in [4.78, 5) is 16.6. The molecule has 1 fully saturated rings. The second kappa shape index (κ2) is 5.32. The molecule has 17 heavy (non-hydrogen) atoms. The van der Waals surface area contributed by atoms with E-state index < -0.39 is 0 Å². The minimum absolute atomic E-state index is 0.179. The van der Waals surface area contributed by atoms with Crippen LogP contribution < -0.4 is 0 Å². The summed E-state index contributed by atoms with van der Waals surface area (Å²) in [6.45, 7) is 5.76. The Morgan fingerprint density at radius 3 is 2.65 bits per heavy atom. The fourth-order valence-corrected chi connectivity index (χ4v) is 2.23. The van der Waals surface area contributed by atoms with Crippen LogP contribution in [0.15, 0.2) is 24.3 Å². The van der Waals surface area contributed by atoms with Crippen LogP contribution in [0.4, 0.5) is 0 Å². The van der Waals surface area contributed by atoms with Gasteiger partial charge >= 0.3 is 0 Å². The Balaban J connectivity index is 2.12. The molecular formula is C14H20N2O. The number of carbonyl (C=O) groups is 1. The molecule has 0 saturated carbocycles. The third kappa shape index (κ3) is 2.86. The molecule has 92 valence electrons. The number of rotatable bonds is 1. The molecule has 3 nitrogen and oxygen atoms in total. The van der Waals surface area contributed by atoms with Crippen molar-refractivity contribution in [3.63, 3.8) is 0 Å². The van der Waals surface area contributed by atoms with Crippen LogP contribution in [0.1, 0.15) is 22.3 Å². The molecule has 1 amide bonds. The summed E-state index contributed by atoms with van der Waals surface area (Å²) in [5.41, 5.74) is 1.91. The Morgan fingerprint density at radius 2 is 1.88 bits per heavy atom. The van der Waals surface area contributed by atoms with Crippen LogP contribution in [0.3, 0.4) is 0 Å². The number of carbonyl (C=O) groups excluding carboxylic acids is 1. The van der Waals surface area contributed by atoms with Crippen molar-refractivity contribution in [2.75, 3.05) is 33.2 Å². The van der Waals surface area contributed by atoms with E-state index in [9.17, 15) is 4.79 Å². The summed E-state index contributed by atoms with van der Waals surface area (Å²) in [5.74, 6) is 0.179. The highest BCUT2D eigenvalue weighted by atomic mass is 16.2. The lowest BCUT2D eigenvalue weighted by Crippen LogP contribution is -2.34. The van der Waals surface area contributed by atoms with E-state index in [4.69, 9.17) is 0 Å². The number of amides is 1. The Morgan fingerprint density at radius 1 is 1.12 bits per heavy atom. The molecule has 0 bridgehead atoms. The van der Waals surface area contributed by atoms with E-state index in [-0.39, 0.29) is 5.91 Å². The summed E-state index contributed by atoms with van der Waals surface area (Å²) in [6, 6.07) is 7.83. The predicted molar refractivity (Wildman–Crippen MR) is 69.2 cm³/mol. The lowest BCUT2D eigenvalue weighted by molar-refractivity contribution is 0.0762. The van der Waals surface area contributed by atoms with Crippen LogP contribution in [0, 0.1) is 6.92 Å². The Kier molecular flexibility index (Phi) is 3.79. The van der Waals surface area contributed by atoms with Crippen molar-refractivity contribution >= 4 is 5.91 Å². The third-order valence-corrected chi connectivity index (χ3v) is 3.38. The minimum Gasteiger partial charge on any atom is -0.337 e. The molecule has 3 heteroatoms. The van der Waals surface area contributed by atoms with Crippen LogP contribution in [0.25, 0.3) is 0 Å². The van der Waals surface area contributed by atoms with Crippen LogP contribution in [-0.4, -0.2) is 48.9 Å². The fraction of sp³-hybridized carbons (Fsp3) is 0.500. The van der Waals surface area contributed by atoms with Gasteiger partial charge in [-0.3, -0.25) is 4.79 Å². The molecule has 0 aromatic heterocycles. The molecule has 0 unspecified atom stereocenters. The quantitative estimate of drug-likeness (QED) is 0.737. The molecule has 1 aromatic rings. The zero-order valence-electron chi connectivity index (χ0n) is 10.6. The number of aryl methyl sites for hydroxylation is 1. The van der Waals surface area contributed by atoms with E-state index in [0.717, 1.165) is 43.7 Å². The number of benzene rings is 1. The zero-order chi connectivity index (χ0) is 12.3. The van der Waals surface area contributed by atoms with E-state index in [1.165, 1.54) is 0 Å². The smallest absolute Gasteiger partial charge is 0.254 e. The van der Waals surface area contributed by atoms with Gasteiger partial charge in [-0.1, -0.05) is 18.2 Å². The Labute approximate surface area is 103 Å². The zero-order valence-corrected chi connectivity index (χ0v) is 10.6. The maximum absolute atomic E-state index is 12.4. The summed E-state index contributed by atoms with van der Waals surface area (Å²) < 4.78 is 0. The number of likely N-dealkylation sites (N-methyl/N-ethyl adjacent to an activating group) is 1. The van der Waals surface area contributed by atoms with Gasteiger partial charge in [-0.05, 0) is 38.6 Å². The average Bonchev–Trinajstić information content (AvgIpc) is 2.54. The maximum Gasteiger partial charge on any atom is 0.254 e. The molecule has 2 rings (SSSR count). The number of hydrogen-bond acceptors (Lipinski definition) is 2. The second-order valence-corrected chi connectivity index (χ2v) is 4.76. The fourth-order valence-electron chi connectivity index (χ4n) is 2.23. The summed E-state index contributed by atoms with van der Waals surface area (Å²) in [5, 5.41) is 0. The van der Waals surface area contributed by atoms with Gasteiger partial charge in [0.2, 0.25) is 0 Å². The van der Waals surface area contributed by atoms with Crippen molar-refractivity contribution < 1.29 is 4.79 Å². The summed E-state index contributed by atoms with van der Waals surface area (Å²) in [6.07, 6.45) is 1.06. The molecule has 0 spiro atoms. The second-order valence-electron chi connectivity index (χ2n) is 4.76. The lowest BCUT2D eigenvalue weighted by Gasteiger charge is -2.21. The average molecular weight is 232 g/mol. The van der Waals surface area contributed by atoms with Gasteiger partial charge in [0.05, 0.1) is 0 Å². The molecule has 0 atom stereocenters. The van der Waals surface area contributed by atoms with Gasteiger partial charge in [-0.15, -0.1) is 0 Å². The molecular weight excluding hydrogens is 212 g/mol. The van der Waals surface area contributed by atoms with Crippen molar-refractivity contribution in [2.45, 2.75) is 13.3 Å². The monoisotopic (exact) mass is 232 g/mol. The van der Waals surface area contributed by atoms with Gasteiger partial charge in [0, 0.05) is 25.2 Å². The third-order valence-electron chi connectivity index (χ3n) is 3.38. The molecule has 1 heterocycles.